The van der Waals surface area contributed by atoms with Crippen molar-refractivity contribution in [1.82, 2.24) is 9.88 Å². The largest absolute Gasteiger partial charge is 0.293 e. The van der Waals surface area contributed by atoms with E-state index in [1.165, 1.54) is 4.90 Å². The number of pyridine rings is 1. The summed E-state index contributed by atoms with van der Waals surface area (Å²) in [5, 5.41) is -0.219. The molecular weight excluding hydrogens is 296 g/mol. The Morgan fingerprint density at radius 1 is 1.05 bits per heavy atom. The predicted octanol–water partition coefficient (Wildman–Crippen LogP) is 3.36. The summed E-state index contributed by atoms with van der Waals surface area (Å²) in [7, 11) is 0. The Bertz CT molecular complexity index is 714. The SMILES string of the molecule is O=C1S/C(=C/c2ccccn2)C(=O)N1CCc1ccccc1. The number of benzene rings is 1. The number of hydrogen-bond donors (Lipinski definition) is 0. The molecule has 2 heterocycles. The monoisotopic (exact) mass is 310 g/mol. The van der Waals surface area contributed by atoms with Gasteiger partial charge in [-0.2, -0.15) is 0 Å². The molecule has 0 radical (unpaired) electrons. The predicted molar refractivity (Wildman–Crippen MR) is 87.1 cm³/mol. The number of carbonyl (C=O) groups is 2. The van der Waals surface area contributed by atoms with Crippen molar-refractivity contribution in [2.24, 2.45) is 0 Å². The van der Waals surface area contributed by atoms with Gasteiger partial charge in [-0.1, -0.05) is 36.4 Å². The van der Waals surface area contributed by atoms with Gasteiger partial charge in [-0.3, -0.25) is 19.5 Å². The van der Waals surface area contributed by atoms with E-state index in [9.17, 15) is 9.59 Å². The summed E-state index contributed by atoms with van der Waals surface area (Å²) in [4.78, 5) is 30.2. The van der Waals surface area contributed by atoms with Crippen molar-refractivity contribution in [1.29, 1.82) is 0 Å². The number of aromatic nitrogens is 1. The zero-order valence-corrected chi connectivity index (χ0v) is 12.6. The lowest BCUT2D eigenvalue weighted by Gasteiger charge is -2.12. The summed E-state index contributed by atoms with van der Waals surface area (Å²) < 4.78 is 0. The van der Waals surface area contributed by atoms with Crippen LogP contribution in [0.25, 0.3) is 6.08 Å². The maximum atomic E-state index is 12.3. The van der Waals surface area contributed by atoms with Crippen LogP contribution in [0.4, 0.5) is 4.79 Å². The van der Waals surface area contributed by atoms with E-state index >= 15 is 0 Å². The molecule has 5 heteroatoms. The minimum absolute atomic E-state index is 0.219. The Kier molecular flexibility index (Phi) is 4.34. The zero-order valence-electron chi connectivity index (χ0n) is 11.8. The van der Waals surface area contributed by atoms with Crippen LogP contribution in [0, 0.1) is 0 Å². The minimum Gasteiger partial charge on any atom is -0.268 e. The van der Waals surface area contributed by atoms with Crippen molar-refractivity contribution in [3.05, 3.63) is 70.9 Å². The molecule has 3 rings (SSSR count). The van der Waals surface area contributed by atoms with Gasteiger partial charge < -0.3 is 0 Å². The third-order valence-electron chi connectivity index (χ3n) is 3.31. The van der Waals surface area contributed by atoms with E-state index in [1.807, 2.05) is 42.5 Å². The highest BCUT2D eigenvalue weighted by atomic mass is 32.2. The van der Waals surface area contributed by atoms with Crippen LogP contribution in [0.5, 0.6) is 0 Å². The molecule has 2 aromatic rings. The third kappa shape index (κ3) is 3.26. The van der Waals surface area contributed by atoms with E-state index < -0.39 is 0 Å². The smallest absolute Gasteiger partial charge is 0.268 e. The van der Waals surface area contributed by atoms with Gasteiger partial charge in [0.05, 0.1) is 10.6 Å². The molecule has 0 aliphatic carbocycles. The lowest BCUT2D eigenvalue weighted by Crippen LogP contribution is -2.30. The molecule has 4 nitrogen and oxygen atoms in total. The number of carbonyl (C=O) groups excluding carboxylic acids is 2. The van der Waals surface area contributed by atoms with Crippen molar-refractivity contribution in [2.75, 3.05) is 6.54 Å². The van der Waals surface area contributed by atoms with Crippen LogP contribution in [0.2, 0.25) is 0 Å². The van der Waals surface area contributed by atoms with E-state index in [0.29, 0.717) is 23.6 Å². The van der Waals surface area contributed by atoms with Crippen LogP contribution >= 0.6 is 11.8 Å². The van der Waals surface area contributed by atoms with E-state index in [0.717, 1.165) is 17.3 Å². The van der Waals surface area contributed by atoms with Crippen molar-refractivity contribution in [3.63, 3.8) is 0 Å². The fourth-order valence-corrected chi connectivity index (χ4v) is 3.02. The van der Waals surface area contributed by atoms with Gasteiger partial charge in [0.1, 0.15) is 0 Å². The van der Waals surface area contributed by atoms with Gasteiger partial charge in [-0.05, 0) is 42.0 Å². The molecule has 22 heavy (non-hydrogen) atoms. The van der Waals surface area contributed by atoms with Gasteiger partial charge in [-0.15, -0.1) is 0 Å². The van der Waals surface area contributed by atoms with Crippen LogP contribution in [0.15, 0.2) is 59.6 Å². The van der Waals surface area contributed by atoms with Crippen molar-refractivity contribution >= 4 is 29.0 Å². The Labute approximate surface area is 132 Å². The van der Waals surface area contributed by atoms with Gasteiger partial charge in [-0.25, -0.2) is 0 Å². The van der Waals surface area contributed by atoms with Crippen LogP contribution in [0.1, 0.15) is 11.3 Å². The highest BCUT2D eigenvalue weighted by Crippen LogP contribution is 2.31. The highest BCUT2D eigenvalue weighted by molar-refractivity contribution is 8.18. The number of amides is 2. The maximum absolute atomic E-state index is 12.3. The molecule has 0 spiro atoms. The topological polar surface area (TPSA) is 50.3 Å². The van der Waals surface area contributed by atoms with Crippen LogP contribution < -0.4 is 0 Å². The second kappa shape index (κ2) is 6.58. The first-order chi connectivity index (χ1) is 10.7. The van der Waals surface area contributed by atoms with Crippen molar-refractivity contribution < 1.29 is 9.59 Å². The first-order valence-electron chi connectivity index (χ1n) is 6.94. The Hall–Kier alpha value is -2.40. The molecule has 1 fully saturated rings. The second-order valence-corrected chi connectivity index (χ2v) is 5.82. The van der Waals surface area contributed by atoms with Crippen molar-refractivity contribution in [3.8, 4) is 0 Å². The van der Waals surface area contributed by atoms with E-state index in [1.54, 1.807) is 18.3 Å². The lowest BCUT2D eigenvalue weighted by molar-refractivity contribution is -0.122. The average Bonchev–Trinajstić information content (AvgIpc) is 2.81. The van der Waals surface area contributed by atoms with Gasteiger partial charge in [0.2, 0.25) is 0 Å². The molecule has 1 aliphatic heterocycles. The van der Waals surface area contributed by atoms with E-state index in [4.69, 9.17) is 0 Å². The average molecular weight is 310 g/mol. The maximum Gasteiger partial charge on any atom is 0.293 e. The molecule has 0 N–H and O–H groups in total. The Morgan fingerprint density at radius 3 is 2.55 bits per heavy atom. The summed E-state index contributed by atoms with van der Waals surface area (Å²) >= 11 is 0.970. The fourth-order valence-electron chi connectivity index (χ4n) is 2.17. The van der Waals surface area contributed by atoms with Crippen LogP contribution in [-0.2, 0) is 11.2 Å². The highest BCUT2D eigenvalue weighted by Gasteiger charge is 2.34. The molecule has 0 saturated carbocycles. The molecular formula is C17H14N2O2S. The standard InChI is InChI=1S/C17H14N2O2S/c20-16-15(12-14-8-4-5-10-18-14)22-17(21)19(16)11-9-13-6-2-1-3-7-13/h1-8,10,12H,9,11H2/b15-12+. The van der Waals surface area contributed by atoms with Crippen molar-refractivity contribution in [2.45, 2.75) is 6.42 Å². The number of thioether (sulfide) groups is 1. The number of rotatable bonds is 4. The molecule has 1 aromatic carbocycles. The molecule has 0 atom stereocenters. The number of hydrogen-bond acceptors (Lipinski definition) is 4. The van der Waals surface area contributed by atoms with Gasteiger partial charge in [0.25, 0.3) is 11.1 Å². The molecule has 1 aliphatic rings. The van der Waals surface area contributed by atoms with E-state index in [2.05, 4.69) is 4.98 Å². The fraction of sp³-hybridized carbons (Fsp3) is 0.118. The molecule has 2 amide bonds. The number of nitrogens with zero attached hydrogens (tertiary/aromatic N) is 2. The molecule has 1 saturated heterocycles. The molecule has 0 unspecified atom stereocenters. The van der Waals surface area contributed by atoms with Gasteiger partial charge in [0, 0.05) is 12.7 Å². The Balaban J connectivity index is 1.71. The summed E-state index contributed by atoms with van der Waals surface area (Å²) in [5.74, 6) is -0.239. The number of imide groups is 1. The van der Waals surface area contributed by atoms with Gasteiger partial charge >= 0.3 is 0 Å². The molecule has 0 bridgehead atoms. The van der Waals surface area contributed by atoms with Crippen LogP contribution in [-0.4, -0.2) is 27.6 Å². The Morgan fingerprint density at radius 2 is 1.82 bits per heavy atom. The summed E-state index contributed by atoms with van der Waals surface area (Å²) in [6.45, 7) is 0.397. The van der Waals surface area contributed by atoms with E-state index in [-0.39, 0.29) is 11.1 Å². The summed E-state index contributed by atoms with van der Waals surface area (Å²) in [6, 6.07) is 15.3. The summed E-state index contributed by atoms with van der Waals surface area (Å²) in [6.07, 6.45) is 3.98. The summed E-state index contributed by atoms with van der Waals surface area (Å²) in [5.41, 5.74) is 1.78. The third-order valence-corrected chi connectivity index (χ3v) is 4.21. The molecule has 1 aromatic heterocycles. The second-order valence-electron chi connectivity index (χ2n) is 4.82. The van der Waals surface area contributed by atoms with Gasteiger partial charge in [0.15, 0.2) is 0 Å². The molecule has 110 valence electrons. The minimum atomic E-state index is -0.239. The normalized spacial score (nSPS) is 16.5. The quantitative estimate of drug-likeness (QED) is 0.813. The first kappa shape index (κ1) is 14.5. The zero-order chi connectivity index (χ0) is 15.4. The first-order valence-corrected chi connectivity index (χ1v) is 7.76. The lowest BCUT2D eigenvalue weighted by atomic mass is 10.1. The van der Waals surface area contributed by atoms with Crippen LogP contribution in [0.3, 0.4) is 0 Å².